The van der Waals surface area contributed by atoms with Crippen LogP contribution in [0.25, 0.3) is 0 Å². The highest BCUT2D eigenvalue weighted by Gasteiger charge is 2.37. The van der Waals surface area contributed by atoms with Crippen LogP contribution in [0.5, 0.6) is 0 Å². The fourth-order valence-corrected chi connectivity index (χ4v) is 4.37. The third-order valence-electron chi connectivity index (χ3n) is 4.09. The maximum absolute atomic E-state index is 12.7. The van der Waals surface area contributed by atoms with Crippen molar-refractivity contribution >= 4 is 27.6 Å². The van der Waals surface area contributed by atoms with E-state index < -0.39 is 16.0 Å². The van der Waals surface area contributed by atoms with Crippen molar-refractivity contribution in [3.05, 3.63) is 28.3 Å². The molecule has 2 rings (SSSR count). The summed E-state index contributed by atoms with van der Waals surface area (Å²) in [6.45, 7) is 3.36. The van der Waals surface area contributed by atoms with Crippen molar-refractivity contribution in [1.82, 2.24) is 4.31 Å². The summed E-state index contributed by atoms with van der Waals surface area (Å²) in [6.07, 6.45) is 2.05. The van der Waals surface area contributed by atoms with E-state index in [9.17, 15) is 13.2 Å². The molecule has 116 valence electrons. The Morgan fingerprint density at radius 2 is 2.00 bits per heavy atom. The van der Waals surface area contributed by atoms with Crippen LogP contribution in [0.15, 0.2) is 17.0 Å². The van der Waals surface area contributed by atoms with Crippen molar-refractivity contribution in [2.45, 2.75) is 37.6 Å². The van der Waals surface area contributed by atoms with E-state index in [1.807, 2.05) is 6.92 Å². The average Bonchev–Trinajstić information content (AvgIpc) is 3.23. The summed E-state index contributed by atoms with van der Waals surface area (Å²) in [4.78, 5) is 11.2. The lowest BCUT2D eigenvalue weighted by atomic mass is 10.1. The van der Waals surface area contributed by atoms with Crippen molar-refractivity contribution < 1.29 is 18.3 Å². The van der Waals surface area contributed by atoms with Gasteiger partial charge >= 0.3 is 5.97 Å². The summed E-state index contributed by atoms with van der Waals surface area (Å²) >= 11 is 5.88. The van der Waals surface area contributed by atoms with Gasteiger partial charge in [-0.15, -0.1) is 0 Å². The molecule has 1 aliphatic carbocycles. The van der Waals surface area contributed by atoms with Crippen LogP contribution in [0.2, 0.25) is 5.02 Å². The number of sulfonamides is 1. The predicted molar refractivity (Wildman–Crippen MR) is 80.3 cm³/mol. The van der Waals surface area contributed by atoms with Crippen LogP contribution in [0.1, 0.15) is 35.7 Å². The molecule has 21 heavy (non-hydrogen) atoms. The first-order chi connectivity index (χ1) is 9.66. The maximum atomic E-state index is 12.7. The van der Waals surface area contributed by atoms with Gasteiger partial charge in [-0.2, -0.15) is 4.31 Å². The molecule has 0 amide bonds. The Kier molecular flexibility index (Phi) is 4.33. The molecule has 0 aliphatic heterocycles. The molecule has 0 bridgehead atoms. The fourth-order valence-electron chi connectivity index (χ4n) is 2.39. The van der Waals surface area contributed by atoms with Crippen LogP contribution in [0.3, 0.4) is 0 Å². The van der Waals surface area contributed by atoms with Crippen LogP contribution in [0, 0.1) is 12.8 Å². The Labute approximate surface area is 129 Å². The van der Waals surface area contributed by atoms with Gasteiger partial charge in [0.1, 0.15) is 0 Å². The van der Waals surface area contributed by atoms with Crippen LogP contribution < -0.4 is 0 Å². The lowest BCUT2D eigenvalue weighted by molar-refractivity contribution is 0.0696. The Morgan fingerprint density at radius 1 is 1.43 bits per heavy atom. The summed E-state index contributed by atoms with van der Waals surface area (Å²) in [5.41, 5.74) is 0.121. The highest BCUT2D eigenvalue weighted by atomic mass is 35.5. The van der Waals surface area contributed by atoms with E-state index in [2.05, 4.69) is 0 Å². The van der Waals surface area contributed by atoms with E-state index in [0.717, 1.165) is 12.8 Å². The molecule has 0 aromatic heterocycles. The van der Waals surface area contributed by atoms with Crippen molar-refractivity contribution in [2.24, 2.45) is 5.92 Å². The maximum Gasteiger partial charge on any atom is 0.336 e. The van der Waals surface area contributed by atoms with Crippen LogP contribution in [0.4, 0.5) is 0 Å². The summed E-state index contributed by atoms with van der Waals surface area (Å²) in [5, 5.41) is 9.26. The van der Waals surface area contributed by atoms with Crippen molar-refractivity contribution in [3.63, 3.8) is 0 Å². The Morgan fingerprint density at radius 3 is 2.48 bits per heavy atom. The van der Waals surface area contributed by atoms with E-state index in [-0.39, 0.29) is 27.1 Å². The Balaban J connectivity index is 2.51. The third kappa shape index (κ3) is 3.07. The number of hydrogen-bond donors (Lipinski definition) is 1. The highest BCUT2D eigenvalue weighted by Crippen LogP contribution is 2.37. The Bertz CT molecular complexity index is 682. The van der Waals surface area contributed by atoms with Gasteiger partial charge in [0.05, 0.1) is 10.5 Å². The van der Waals surface area contributed by atoms with Crippen molar-refractivity contribution in [1.29, 1.82) is 0 Å². The predicted octanol–water partition coefficient (Wildman–Crippen LogP) is 2.77. The molecule has 0 heterocycles. The zero-order valence-electron chi connectivity index (χ0n) is 12.1. The standard InChI is InChI=1S/C14H18ClNO4S/c1-8-12(14(17)18)6-11(15)7-13(8)21(19,20)16(3)9(2)10-4-5-10/h6-7,9-10H,4-5H2,1-3H3,(H,17,18). The zero-order chi connectivity index (χ0) is 15.9. The first kappa shape index (κ1) is 16.3. The number of rotatable bonds is 5. The van der Waals surface area contributed by atoms with Gasteiger partial charge in [-0.3, -0.25) is 0 Å². The monoisotopic (exact) mass is 331 g/mol. The highest BCUT2D eigenvalue weighted by molar-refractivity contribution is 7.89. The number of benzene rings is 1. The second-order valence-electron chi connectivity index (χ2n) is 5.48. The molecule has 0 spiro atoms. The molecule has 1 saturated carbocycles. The van der Waals surface area contributed by atoms with E-state index in [1.54, 1.807) is 0 Å². The number of aromatic carboxylic acids is 1. The lowest BCUT2D eigenvalue weighted by Gasteiger charge is -2.25. The van der Waals surface area contributed by atoms with Crippen molar-refractivity contribution in [3.8, 4) is 0 Å². The van der Waals surface area contributed by atoms with E-state index in [4.69, 9.17) is 16.7 Å². The molecular formula is C14H18ClNO4S. The minimum atomic E-state index is -3.77. The summed E-state index contributed by atoms with van der Waals surface area (Å²) in [7, 11) is -2.24. The molecule has 1 atom stereocenters. The number of carboxylic acids is 1. The van der Waals surface area contributed by atoms with Crippen LogP contribution in [-0.2, 0) is 10.0 Å². The molecule has 1 aliphatic rings. The lowest BCUT2D eigenvalue weighted by Crippen LogP contribution is -2.36. The van der Waals surface area contributed by atoms with E-state index >= 15 is 0 Å². The third-order valence-corrected chi connectivity index (χ3v) is 6.38. The summed E-state index contributed by atoms with van der Waals surface area (Å²) < 4.78 is 26.8. The van der Waals surface area contributed by atoms with Gasteiger partial charge in [0, 0.05) is 18.1 Å². The van der Waals surface area contributed by atoms with E-state index in [0.29, 0.717) is 5.92 Å². The second kappa shape index (κ2) is 5.59. The number of halogens is 1. The molecule has 0 saturated heterocycles. The summed E-state index contributed by atoms with van der Waals surface area (Å²) in [5.74, 6) is -0.812. The van der Waals surface area contributed by atoms with E-state index in [1.165, 1.54) is 30.4 Å². The molecule has 7 heteroatoms. The molecular weight excluding hydrogens is 314 g/mol. The SMILES string of the molecule is Cc1c(C(=O)O)cc(Cl)cc1S(=O)(=O)N(C)C(C)C1CC1. The minimum absolute atomic E-state index is 0.0394. The average molecular weight is 332 g/mol. The fraction of sp³-hybridized carbons (Fsp3) is 0.500. The molecule has 0 radical (unpaired) electrons. The molecule has 5 nitrogen and oxygen atoms in total. The zero-order valence-corrected chi connectivity index (χ0v) is 13.7. The van der Waals surface area contributed by atoms with Gasteiger partial charge < -0.3 is 5.11 Å². The number of carbonyl (C=O) groups is 1. The molecule has 1 unspecified atom stereocenters. The van der Waals surface area contributed by atoms with Gasteiger partial charge in [-0.25, -0.2) is 13.2 Å². The number of carboxylic acid groups (broad SMARTS) is 1. The van der Waals surface area contributed by atoms with Gasteiger partial charge in [0.2, 0.25) is 10.0 Å². The minimum Gasteiger partial charge on any atom is -0.478 e. The Hall–Kier alpha value is -1.11. The number of nitrogens with zero attached hydrogens (tertiary/aromatic N) is 1. The van der Waals surface area contributed by atoms with Gasteiger partial charge in [0.15, 0.2) is 0 Å². The first-order valence-electron chi connectivity index (χ1n) is 6.67. The molecule has 1 aromatic rings. The van der Waals surface area contributed by atoms with Crippen LogP contribution in [-0.4, -0.2) is 36.9 Å². The van der Waals surface area contributed by atoms with Gasteiger partial charge in [0.25, 0.3) is 0 Å². The summed E-state index contributed by atoms with van der Waals surface area (Å²) in [6, 6.07) is 2.47. The topological polar surface area (TPSA) is 74.7 Å². The normalized spacial score (nSPS) is 17.0. The van der Waals surface area contributed by atoms with Gasteiger partial charge in [-0.05, 0) is 50.3 Å². The first-order valence-corrected chi connectivity index (χ1v) is 8.49. The number of hydrogen-bond acceptors (Lipinski definition) is 3. The molecule has 1 N–H and O–H groups in total. The smallest absolute Gasteiger partial charge is 0.336 e. The van der Waals surface area contributed by atoms with Gasteiger partial charge in [-0.1, -0.05) is 11.6 Å². The largest absolute Gasteiger partial charge is 0.478 e. The van der Waals surface area contributed by atoms with Crippen LogP contribution >= 0.6 is 11.6 Å². The molecule has 1 fully saturated rings. The van der Waals surface area contributed by atoms with Crippen molar-refractivity contribution in [2.75, 3.05) is 7.05 Å². The quantitative estimate of drug-likeness (QED) is 0.900. The molecule has 1 aromatic carbocycles. The second-order valence-corrected chi connectivity index (χ2v) is 7.88.